The quantitative estimate of drug-likeness (QED) is 0.348. The molecule has 5 atom stereocenters. The largest absolute Gasteiger partial charge is 0.507 e. The van der Waals surface area contributed by atoms with Gasteiger partial charge in [-0.1, -0.05) is 24.3 Å². The van der Waals surface area contributed by atoms with E-state index in [2.05, 4.69) is 0 Å². The number of fused-ring (bicyclic) bond motifs is 3. The van der Waals surface area contributed by atoms with E-state index in [1.807, 2.05) is 0 Å². The maximum Gasteiger partial charge on any atom is 0.198 e. The zero-order chi connectivity index (χ0) is 25.2. The molecule has 0 aliphatic heterocycles. The first-order valence-electron chi connectivity index (χ1n) is 11.6. The van der Waals surface area contributed by atoms with Crippen molar-refractivity contribution >= 4 is 17.3 Å². The lowest BCUT2D eigenvalue weighted by Gasteiger charge is -2.41. The average molecular weight is 482 g/mol. The number of hydrogen-bond acceptors (Lipinski definition) is 9. The van der Waals surface area contributed by atoms with Crippen molar-refractivity contribution in [1.82, 2.24) is 0 Å². The summed E-state index contributed by atoms with van der Waals surface area (Å²) >= 11 is 0. The highest BCUT2D eigenvalue weighted by atomic mass is 16.5. The Morgan fingerprint density at radius 3 is 2.17 bits per heavy atom. The smallest absolute Gasteiger partial charge is 0.198 e. The molecule has 0 amide bonds. The molecule has 0 heterocycles. The summed E-state index contributed by atoms with van der Waals surface area (Å²) < 4.78 is 6.21. The predicted octanol–water partition coefficient (Wildman–Crippen LogP) is 1.44. The van der Waals surface area contributed by atoms with Crippen LogP contribution in [-0.4, -0.2) is 61.6 Å². The molecule has 0 bridgehead atoms. The van der Waals surface area contributed by atoms with E-state index in [0.29, 0.717) is 12.8 Å². The molecule has 3 aliphatic rings. The van der Waals surface area contributed by atoms with Gasteiger partial charge in [-0.15, -0.1) is 0 Å². The lowest BCUT2D eigenvalue weighted by molar-refractivity contribution is -0.128. The molecular formula is C26H27NO8. The molecule has 0 aromatic heterocycles. The number of aliphatic hydroxyl groups excluding tert-OH is 2. The number of rotatable bonds is 3. The van der Waals surface area contributed by atoms with Gasteiger partial charge < -0.3 is 30.9 Å². The zero-order valence-electron chi connectivity index (χ0n) is 19.2. The van der Waals surface area contributed by atoms with Crippen molar-refractivity contribution in [3.63, 3.8) is 0 Å². The SMILES string of the molecule is CC(=O)[C@]1(N)Cc2c(O)c3c(c(O)c2[C@@H](OC2CCC(O)C(O)C2)C1)C(=O)c1ccccc1C3=O. The fourth-order valence-corrected chi connectivity index (χ4v) is 5.56. The number of benzene rings is 2. The number of carbonyl (C=O) groups excluding carboxylic acids is 3. The van der Waals surface area contributed by atoms with Gasteiger partial charge in [0, 0.05) is 41.5 Å². The van der Waals surface area contributed by atoms with Gasteiger partial charge in [-0.05, 0) is 19.8 Å². The van der Waals surface area contributed by atoms with Gasteiger partial charge in [0.05, 0.1) is 41.1 Å². The van der Waals surface area contributed by atoms with E-state index in [-0.39, 0.29) is 58.4 Å². The van der Waals surface area contributed by atoms with Crippen LogP contribution in [0.25, 0.3) is 0 Å². The summed E-state index contributed by atoms with van der Waals surface area (Å²) in [5.41, 5.74) is 4.82. The van der Waals surface area contributed by atoms with E-state index in [1.165, 1.54) is 19.1 Å². The minimum atomic E-state index is -1.44. The van der Waals surface area contributed by atoms with Crippen LogP contribution in [0.4, 0.5) is 0 Å². The number of hydrogen-bond donors (Lipinski definition) is 5. The molecule has 184 valence electrons. The maximum atomic E-state index is 13.3. The van der Waals surface area contributed by atoms with E-state index in [0.717, 1.165) is 0 Å². The maximum absolute atomic E-state index is 13.3. The Morgan fingerprint density at radius 1 is 1.00 bits per heavy atom. The van der Waals surface area contributed by atoms with Crippen LogP contribution in [0.1, 0.15) is 81.7 Å². The Balaban J connectivity index is 1.67. The number of phenolic OH excluding ortho intramolecular Hbond substituents is 2. The van der Waals surface area contributed by atoms with Gasteiger partial charge in [0.1, 0.15) is 17.3 Å². The van der Waals surface area contributed by atoms with Crippen LogP contribution in [-0.2, 0) is 16.0 Å². The van der Waals surface area contributed by atoms with Crippen molar-refractivity contribution < 1.29 is 39.5 Å². The minimum absolute atomic E-state index is 0.0327. The van der Waals surface area contributed by atoms with Gasteiger partial charge in [-0.3, -0.25) is 14.4 Å². The molecule has 1 saturated carbocycles. The first-order chi connectivity index (χ1) is 16.5. The number of ketones is 3. The molecule has 2 aromatic rings. The Morgan fingerprint density at radius 2 is 1.60 bits per heavy atom. The number of carbonyl (C=O) groups is 3. The van der Waals surface area contributed by atoms with Crippen molar-refractivity contribution in [2.24, 2.45) is 5.73 Å². The fourth-order valence-electron chi connectivity index (χ4n) is 5.56. The number of aromatic hydroxyl groups is 2. The lowest BCUT2D eigenvalue weighted by atomic mass is 9.71. The molecule has 35 heavy (non-hydrogen) atoms. The van der Waals surface area contributed by atoms with E-state index in [4.69, 9.17) is 10.5 Å². The third-order valence-electron chi connectivity index (χ3n) is 7.61. The summed E-state index contributed by atoms with van der Waals surface area (Å²) in [6, 6.07) is 6.17. The van der Waals surface area contributed by atoms with Crippen LogP contribution in [0, 0.1) is 0 Å². The van der Waals surface area contributed by atoms with Crippen molar-refractivity contribution in [3.8, 4) is 11.5 Å². The number of Topliss-reactive ketones (excluding diaryl/α,β-unsaturated/α-hetero) is 1. The van der Waals surface area contributed by atoms with Gasteiger partial charge in [0.2, 0.25) is 0 Å². The summed E-state index contributed by atoms with van der Waals surface area (Å²) in [6.45, 7) is 1.32. The summed E-state index contributed by atoms with van der Waals surface area (Å²) in [5.74, 6) is -2.54. The average Bonchev–Trinajstić information content (AvgIpc) is 2.82. The highest BCUT2D eigenvalue weighted by Crippen LogP contribution is 2.51. The fraction of sp³-hybridized carbons (Fsp3) is 0.423. The van der Waals surface area contributed by atoms with Gasteiger partial charge in [0.15, 0.2) is 11.6 Å². The number of nitrogens with two attached hydrogens (primary N) is 1. The topological polar surface area (TPSA) is 167 Å². The highest BCUT2D eigenvalue weighted by Gasteiger charge is 2.47. The number of phenols is 2. The second-order valence-electron chi connectivity index (χ2n) is 9.83. The molecule has 3 aliphatic carbocycles. The first kappa shape index (κ1) is 23.6. The molecule has 3 unspecified atom stereocenters. The van der Waals surface area contributed by atoms with Crippen molar-refractivity contribution in [3.05, 3.63) is 57.6 Å². The molecule has 5 rings (SSSR count). The molecular weight excluding hydrogens is 454 g/mol. The van der Waals surface area contributed by atoms with Gasteiger partial charge in [-0.2, -0.15) is 0 Å². The molecule has 6 N–H and O–H groups in total. The summed E-state index contributed by atoms with van der Waals surface area (Å²) in [5, 5.41) is 42.5. The molecule has 1 fully saturated rings. The van der Waals surface area contributed by atoms with E-state index < -0.39 is 53.0 Å². The van der Waals surface area contributed by atoms with Crippen molar-refractivity contribution in [1.29, 1.82) is 0 Å². The lowest BCUT2D eigenvalue weighted by Crippen LogP contribution is -2.53. The third kappa shape index (κ3) is 3.58. The Hall–Kier alpha value is -3.11. The molecule has 9 nitrogen and oxygen atoms in total. The van der Waals surface area contributed by atoms with Crippen LogP contribution < -0.4 is 5.73 Å². The summed E-state index contributed by atoms with van der Waals surface area (Å²) in [7, 11) is 0. The first-order valence-corrected chi connectivity index (χ1v) is 11.6. The predicted molar refractivity (Wildman–Crippen MR) is 122 cm³/mol. The summed E-state index contributed by atoms with van der Waals surface area (Å²) in [6.07, 6.45) is -2.70. The minimum Gasteiger partial charge on any atom is -0.507 e. The van der Waals surface area contributed by atoms with Crippen LogP contribution in [0.5, 0.6) is 11.5 Å². The van der Waals surface area contributed by atoms with Gasteiger partial charge in [-0.25, -0.2) is 0 Å². The second kappa shape index (κ2) is 8.23. The molecule has 9 heteroatoms. The monoisotopic (exact) mass is 481 g/mol. The Bertz CT molecular complexity index is 1270. The molecule has 2 aromatic carbocycles. The van der Waals surface area contributed by atoms with Crippen LogP contribution in [0.15, 0.2) is 24.3 Å². The summed E-state index contributed by atoms with van der Waals surface area (Å²) in [4.78, 5) is 39.1. The van der Waals surface area contributed by atoms with Crippen LogP contribution >= 0.6 is 0 Å². The third-order valence-corrected chi connectivity index (χ3v) is 7.61. The molecule has 0 spiro atoms. The molecule has 0 saturated heterocycles. The van der Waals surface area contributed by atoms with E-state index >= 15 is 0 Å². The van der Waals surface area contributed by atoms with Crippen molar-refractivity contribution in [2.45, 2.75) is 69.0 Å². The number of ether oxygens (including phenoxy) is 1. The van der Waals surface area contributed by atoms with Gasteiger partial charge >= 0.3 is 0 Å². The standard InChI is InChI=1S/C26H27NO8/c1-11(28)26(27)9-15-19(18(10-26)35-12-6-7-16(29)17(30)8-12)25(34)21-20(24(15)33)22(31)13-4-2-3-5-14(13)23(21)32/h2-5,12,16-18,29-30,33-34H,6-10,27H2,1H3/t12?,16?,17?,18-,26-/m0/s1. The molecule has 0 radical (unpaired) electrons. The van der Waals surface area contributed by atoms with Crippen LogP contribution in [0.3, 0.4) is 0 Å². The van der Waals surface area contributed by atoms with E-state index in [9.17, 15) is 34.8 Å². The highest BCUT2D eigenvalue weighted by molar-refractivity contribution is 6.30. The van der Waals surface area contributed by atoms with Crippen LogP contribution in [0.2, 0.25) is 0 Å². The van der Waals surface area contributed by atoms with Gasteiger partial charge in [0.25, 0.3) is 0 Å². The Labute approximate surface area is 201 Å². The van der Waals surface area contributed by atoms with Crippen molar-refractivity contribution in [2.75, 3.05) is 0 Å². The second-order valence-corrected chi connectivity index (χ2v) is 9.83. The number of aliphatic hydroxyl groups is 2. The van der Waals surface area contributed by atoms with E-state index in [1.54, 1.807) is 12.1 Å². The normalized spacial score (nSPS) is 29.8. The Kier molecular flexibility index (Phi) is 5.56. The zero-order valence-corrected chi connectivity index (χ0v) is 19.2.